The van der Waals surface area contributed by atoms with Crippen LogP contribution in [0.25, 0.3) is 0 Å². The molecule has 2 aromatic rings. The average Bonchev–Trinajstić information content (AvgIpc) is 2.51. The van der Waals surface area contributed by atoms with Gasteiger partial charge in [-0.1, -0.05) is 55.8 Å². The molecule has 2 aromatic carbocycles. The molecular weight excluding hydrogens is 310 g/mol. The lowest BCUT2D eigenvalue weighted by atomic mass is 9.98. The summed E-state index contributed by atoms with van der Waals surface area (Å²) in [6.07, 6.45) is -0.644. The van der Waals surface area contributed by atoms with Crippen LogP contribution in [0.4, 0.5) is 5.69 Å². The number of hydrogen-bond donors (Lipinski definition) is 1. The van der Waals surface area contributed by atoms with E-state index < -0.39 is 6.10 Å². The number of aryl methyl sites for hydroxylation is 1. The minimum Gasteiger partial charge on any atom is -0.479 e. The molecule has 0 spiro atoms. The van der Waals surface area contributed by atoms with E-state index in [0.29, 0.717) is 16.7 Å². The first-order valence-electron chi connectivity index (χ1n) is 7.71. The molecule has 0 aliphatic carbocycles. The Hall–Kier alpha value is -2.00. The molecule has 0 radical (unpaired) electrons. The number of anilines is 1. The zero-order chi connectivity index (χ0) is 17.0. The largest absolute Gasteiger partial charge is 0.479 e. The zero-order valence-electron chi connectivity index (χ0n) is 13.9. The van der Waals surface area contributed by atoms with Crippen molar-refractivity contribution in [2.45, 2.75) is 39.7 Å². The average molecular weight is 332 g/mol. The fourth-order valence-corrected chi connectivity index (χ4v) is 2.53. The normalized spacial score (nSPS) is 12.1. The standard InChI is InChI=1S/C19H22ClNO2/c1-12(2)15-9-7-8-13(3)18(15)21-19(22)14(4)23-17-11-6-5-10-16(17)20/h5-12,14H,1-4H3,(H,21,22)/t14-/m0/s1. The van der Waals surface area contributed by atoms with E-state index in [1.807, 2.05) is 37.3 Å². The number of para-hydroxylation sites is 2. The molecular formula is C19H22ClNO2. The minimum absolute atomic E-state index is 0.193. The Kier molecular flexibility index (Phi) is 5.67. The van der Waals surface area contributed by atoms with E-state index in [0.717, 1.165) is 16.8 Å². The van der Waals surface area contributed by atoms with Gasteiger partial charge in [-0.05, 0) is 43.0 Å². The van der Waals surface area contributed by atoms with E-state index in [2.05, 4.69) is 19.2 Å². The Labute approximate surface area is 142 Å². The van der Waals surface area contributed by atoms with Crippen LogP contribution >= 0.6 is 11.6 Å². The first kappa shape index (κ1) is 17.4. The van der Waals surface area contributed by atoms with E-state index in [9.17, 15) is 4.79 Å². The van der Waals surface area contributed by atoms with Crippen LogP contribution in [-0.4, -0.2) is 12.0 Å². The van der Waals surface area contributed by atoms with Gasteiger partial charge < -0.3 is 10.1 Å². The van der Waals surface area contributed by atoms with E-state index in [4.69, 9.17) is 16.3 Å². The monoisotopic (exact) mass is 331 g/mol. The number of benzene rings is 2. The fourth-order valence-electron chi connectivity index (χ4n) is 2.35. The highest BCUT2D eigenvalue weighted by molar-refractivity contribution is 6.32. The number of ether oxygens (including phenoxy) is 1. The zero-order valence-corrected chi connectivity index (χ0v) is 14.6. The summed E-state index contributed by atoms with van der Waals surface area (Å²) in [6.45, 7) is 7.91. The van der Waals surface area contributed by atoms with E-state index in [1.165, 1.54) is 0 Å². The van der Waals surface area contributed by atoms with E-state index >= 15 is 0 Å². The van der Waals surface area contributed by atoms with Crippen LogP contribution < -0.4 is 10.1 Å². The molecule has 122 valence electrons. The first-order valence-corrected chi connectivity index (χ1v) is 8.09. The number of halogens is 1. The van der Waals surface area contributed by atoms with Crippen molar-refractivity contribution in [1.29, 1.82) is 0 Å². The highest BCUT2D eigenvalue weighted by Gasteiger charge is 2.19. The van der Waals surface area contributed by atoms with Gasteiger partial charge in [0.25, 0.3) is 5.91 Å². The van der Waals surface area contributed by atoms with Gasteiger partial charge in [0.1, 0.15) is 5.75 Å². The second-order valence-electron chi connectivity index (χ2n) is 5.87. The smallest absolute Gasteiger partial charge is 0.265 e. The predicted molar refractivity (Wildman–Crippen MR) is 95.4 cm³/mol. The third-order valence-corrected chi connectivity index (χ3v) is 4.00. The van der Waals surface area contributed by atoms with Gasteiger partial charge in [0, 0.05) is 5.69 Å². The predicted octanol–water partition coefficient (Wildman–Crippen LogP) is 5.18. The van der Waals surface area contributed by atoms with Crippen LogP contribution in [0.5, 0.6) is 5.75 Å². The minimum atomic E-state index is -0.644. The molecule has 1 atom stereocenters. The molecule has 0 bridgehead atoms. The molecule has 4 heteroatoms. The van der Waals surface area contributed by atoms with Crippen molar-refractivity contribution in [3.8, 4) is 5.75 Å². The van der Waals surface area contributed by atoms with Gasteiger partial charge in [0.15, 0.2) is 6.10 Å². The third kappa shape index (κ3) is 4.26. The van der Waals surface area contributed by atoms with E-state index in [-0.39, 0.29) is 5.91 Å². The lowest BCUT2D eigenvalue weighted by Crippen LogP contribution is -2.31. The van der Waals surface area contributed by atoms with Crippen LogP contribution in [-0.2, 0) is 4.79 Å². The van der Waals surface area contributed by atoms with Crippen LogP contribution in [0.15, 0.2) is 42.5 Å². The summed E-state index contributed by atoms with van der Waals surface area (Å²) < 4.78 is 5.68. The van der Waals surface area contributed by atoms with Crippen LogP contribution in [0.2, 0.25) is 5.02 Å². The van der Waals surface area contributed by atoms with Crippen LogP contribution in [0.3, 0.4) is 0 Å². The topological polar surface area (TPSA) is 38.3 Å². The molecule has 0 saturated heterocycles. The summed E-state index contributed by atoms with van der Waals surface area (Å²) in [5, 5.41) is 3.48. The van der Waals surface area contributed by atoms with E-state index in [1.54, 1.807) is 19.1 Å². The van der Waals surface area contributed by atoms with Crippen molar-refractivity contribution in [1.82, 2.24) is 0 Å². The SMILES string of the molecule is Cc1cccc(C(C)C)c1NC(=O)[C@H](C)Oc1ccccc1Cl. The van der Waals surface area contributed by atoms with Crippen LogP contribution in [0.1, 0.15) is 37.8 Å². The summed E-state index contributed by atoms with van der Waals surface area (Å²) in [4.78, 5) is 12.5. The quantitative estimate of drug-likeness (QED) is 0.820. The van der Waals surface area contributed by atoms with Gasteiger partial charge in [-0.2, -0.15) is 0 Å². The molecule has 0 saturated carbocycles. The Balaban J connectivity index is 2.15. The molecule has 0 aromatic heterocycles. The van der Waals surface area contributed by atoms with Gasteiger partial charge in [-0.25, -0.2) is 0 Å². The lowest BCUT2D eigenvalue weighted by Gasteiger charge is -2.19. The van der Waals surface area contributed by atoms with Crippen molar-refractivity contribution >= 4 is 23.2 Å². The maximum absolute atomic E-state index is 12.5. The summed E-state index contributed by atoms with van der Waals surface area (Å²) >= 11 is 6.07. The molecule has 23 heavy (non-hydrogen) atoms. The Bertz CT molecular complexity index is 698. The fraction of sp³-hybridized carbons (Fsp3) is 0.316. The lowest BCUT2D eigenvalue weighted by molar-refractivity contribution is -0.122. The van der Waals surface area contributed by atoms with Gasteiger partial charge in [-0.15, -0.1) is 0 Å². The Morgan fingerprint density at radius 2 is 1.78 bits per heavy atom. The molecule has 0 aliphatic heterocycles. The highest BCUT2D eigenvalue weighted by Crippen LogP contribution is 2.28. The maximum atomic E-state index is 12.5. The summed E-state index contributed by atoms with van der Waals surface area (Å²) in [5.41, 5.74) is 3.01. The second-order valence-corrected chi connectivity index (χ2v) is 6.28. The Morgan fingerprint density at radius 3 is 2.43 bits per heavy atom. The third-order valence-electron chi connectivity index (χ3n) is 3.68. The van der Waals surface area contributed by atoms with Gasteiger partial charge in [0.05, 0.1) is 5.02 Å². The maximum Gasteiger partial charge on any atom is 0.265 e. The van der Waals surface area contributed by atoms with Gasteiger partial charge in [0.2, 0.25) is 0 Å². The number of amides is 1. The summed E-state index contributed by atoms with van der Waals surface area (Å²) in [6, 6.07) is 13.2. The first-order chi connectivity index (χ1) is 10.9. The molecule has 0 unspecified atom stereocenters. The van der Waals surface area contributed by atoms with Crippen molar-refractivity contribution in [3.63, 3.8) is 0 Å². The van der Waals surface area contributed by atoms with Crippen molar-refractivity contribution in [2.24, 2.45) is 0 Å². The number of hydrogen-bond acceptors (Lipinski definition) is 2. The molecule has 2 rings (SSSR count). The summed E-state index contributed by atoms with van der Waals surface area (Å²) in [5.74, 6) is 0.636. The molecule has 3 nitrogen and oxygen atoms in total. The highest BCUT2D eigenvalue weighted by atomic mass is 35.5. The number of rotatable bonds is 5. The molecule has 0 heterocycles. The van der Waals surface area contributed by atoms with Crippen molar-refractivity contribution in [3.05, 3.63) is 58.6 Å². The number of carbonyl (C=O) groups excluding carboxylic acids is 1. The molecule has 0 aliphatic rings. The summed E-state index contributed by atoms with van der Waals surface area (Å²) in [7, 11) is 0. The van der Waals surface area contributed by atoms with Crippen molar-refractivity contribution < 1.29 is 9.53 Å². The molecule has 1 amide bonds. The Morgan fingerprint density at radius 1 is 1.09 bits per heavy atom. The van der Waals surface area contributed by atoms with Crippen molar-refractivity contribution in [2.75, 3.05) is 5.32 Å². The van der Waals surface area contributed by atoms with Gasteiger partial charge >= 0.3 is 0 Å². The second kappa shape index (κ2) is 7.51. The number of carbonyl (C=O) groups is 1. The van der Waals surface area contributed by atoms with Gasteiger partial charge in [-0.3, -0.25) is 4.79 Å². The number of nitrogens with one attached hydrogen (secondary N) is 1. The van der Waals surface area contributed by atoms with Crippen LogP contribution in [0, 0.1) is 6.92 Å². The molecule has 0 fully saturated rings. The molecule has 1 N–H and O–H groups in total.